The smallest absolute Gasteiger partial charge is 0.224 e. The number of likely N-dealkylation sites (tertiary alicyclic amines) is 1. The predicted octanol–water partition coefficient (Wildman–Crippen LogP) is 3.42. The largest absolute Gasteiger partial charge is 0.343 e. The highest BCUT2D eigenvalue weighted by Gasteiger charge is 2.30. The molecule has 1 heterocycles. The van der Waals surface area contributed by atoms with Crippen LogP contribution in [0.3, 0.4) is 0 Å². The summed E-state index contributed by atoms with van der Waals surface area (Å²) in [6.45, 7) is 15.2. The van der Waals surface area contributed by atoms with Crippen molar-refractivity contribution in [2.45, 2.75) is 73.3 Å². The van der Waals surface area contributed by atoms with Crippen molar-refractivity contribution in [1.29, 1.82) is 0 Å². The Morgan fingerprint density at radius 1 is 1.15 bits per heavy atom. The lowest BCUT2D eigenvalue weighted by Gasteiger charge is -2.39. The van der Waals surface area contributed by atoms with E-state index in [0.717, 1.165) is 38.3 Å². The lowest BCUT2D eigenvalue weighted by molar-refractivity contribution is -0.133. The second-order valence-electron chi connectivity index (χ2n) is 8.75. The average molecular weight is 282 g/mol. The molecule has 0 aromatic heterocycles. The van der Waals surface area contributed by atoms with Crippen LogP contribution >= 0.6 is 0 Å². The molecule has 1 saturated heterocycles. The molecule has 1 rings (SSSR count). The number of hydrogen-bond acceptors (Lipinski definition) is 2. The summed E-state index contributed by atoms with van der Waals surface area (Å²) in [5.74, 6) is 0.976. The molecule has 1 aliphatic heterocycles. The SMILES string of the molecule is CC(C)(C)CC(N)CC(=O)N1CCC(C(C)(C)C)CC1. The Labute approximate surface area is 125 Å². The minimum absolute atomic E-state index is 0.0113. The number of carbonyl (C=O) groups is 1. The lowest BCUT2D eigenvalue weighted by atomic mass is 9.75. The normalized spacial score (nSPS) is 20.1. The highest BCUT2D eigenvalue weighted by Crippen LogP contribution is 2.34. The van der Waals surface area contributed by atoms with Crippen molar-refractivity contribution in [2.75, 3.05) is 13.1 Å². The molecule has 1 fully saturated rings. The molecular formula is C17H34N2O. The van der Waals surface area contributed by atoms with Crippen molar-refractivity contribution < 1.29 is 4.79 Å². The molecule has 0 aromatic carbocycles. The molecule has 1 atom stereocenters. The first-order valence-corrected chi connectivity index (χ1v) is 8.02. The molecule has 0 aliphatic carbocycles. The maximum atomic E-state index is 12.3. The molecule has 1 unspecified atom stereocenters. The Hall–Kier alpha value is -0.570. The Balaban J connectivity index is 2.40. The van der Waals surface area contributed by atoms with Crippen molar-refractivity contribution in [3.63, 3.8) is 0 Å². The molecule has 0 saturated carbocycles. The van der Waals surface area contributed by atoms with Crippen LogP contribution in [0.1, 0.15) is 67.2 Å². The second-order valence-corrected chi connectivity index (χ2v) is 8.75. The highest BCUT2D eigenvalue weighted by atomic mass is 16.2. The quantitative estimate of drug-likeness (QED) is 0.862. The van der Waals surface area contributed by atoms with Crippen molar-refractivity contribution in [3.05, 3.63) is 0 Å². The first-order valence-electron chi connectivity index (χ1n) is 8.02. The van der Waals surface area contributed by atoms with E-state index < -0.39 is 0 Å². The van der Waals surface area contributed by atoms with E-state index in [2.05, 4.69) is 41.5 Å². The van der Waals surface area contributed by atoms with Crippen molar-refractivity contribution in [1.82, 2.24) is 4.90 Å². The first kappa shape index (κ1) is 17.5. The van der Waals surface area contributed by atoms with Crippen molar-refractivity contribution in [2.24, 2.45) is 22.5 Å². The summed E-state index contributed by atoms with van der Waals surface area (Å²) in [6.07, 6.45) is 3.65. The van der Waals surface area contributed by atoms with Gasteiger partial charge in [-0.05, 0) is 36.0 Å². The number of nitrogens with zero attached hydrogens (tertiary/aromatic N) is 1. The van der Waals surface area contributed by atoms with E-state index in [1.807, 2.05) is 4.90 Å². The fraction of sp³-hybridized carbons (Fsp3) is 0.941. The van der Waals surface area contributed by atoms with Crippen LogP contribution in [-0.2, 0) is 4.79 Å². The number of carbonyl (C=O) groups excluding carboxylic acids is 1. The Bertz CT molecular complexity index is 317. The molecule has 118 valence electrons. The van der Waals surface area contributed by atoms with Gasteiger partial charge < -0.3 is 10.6 Å². The average Bonchev–Trinajstić information content (AvgIpc) is 2.25. The summed E-state index contributed by atoms with van der Waals surface area (Å²) in [6, 6.07) is -0.0113. The summed E-state index contributed by atoms with van der Waals surface area (Å²) in [5, 5.41) is 0. The predicted molar refractivity (Wildman–Crippen MR) is 85.4 cm³/mol. The van der Waals surface area contributed by atoms with Gasteiger partial charge in [-0.1, -0.05) is 41.5 Å². The Morgan fingerprint density at radius 2 is 1.65 bits per heavy atom. The summed E-state index contributed by atoms with van der Waals surface area (Å²) in [7, 11) is 0. The number of rotatable bonds is 3. The van der Waals surface area contributed by atoms with E-state index in [4.69, 9.17) is 5.73 Å². The fourth-order valence-corrected chi connectivity index (χ4v) is 3.21. The minimum Gasteiger partial charge on any atom is -0.343 e. The third kappa shape index (κ3) is 5.82. The maximum Gasteiger partial charge on any atom is 0.224 e. The van der Waals surface area contributed by atoms with Crippen LogP contribution in [0.2, 0.25) is 0 Å². The van der Waals surface area contributed by atoms with Gasteiger partial charge in [-0.3, -0.25) is 4.79 Å². The maximum absolute atomic E-state index is 12.3. The number of hydrogen-bond donors (Lipinski definition) is 1. The molecule has 0 radical (unpaired) electrons. The summed E-state index contributed by atoms with van der Waals surface area (Å²) in [5.41, 5.74) is 6.67. The zero-order valence-corrected chi connectivity index (χ0v) is 14.3. The molecule has 1 aliphatic rings. The van der Waals surface area contributed by atoms with Crippen LogP contribution in [0.4, 0.5) is 0 Å². The summed E-state index contributed by atoms with van der Waals surface area (Å²) >= 11 is 0. The van der Waals surface area contributed by atoms with E-state index in [-0.39, 0.29) is 17.4 Å². The standard InChI is InChI=1S/C17H34N2O/c1-16(2,3)12-14(18)11-15(20)19-9-7-13(8-10-19)17(4,5)6/h13-14H,7-12,18H2,1-6H3. The molecule has 0 bridgehead atoms. The highest BCUT2D eigenvalue weighted by molar-refractivity contribution is 5.76. The Kier molecular flexibility index (Phi) is 5.65. The zero-order chi connectivity index (χ0) is 15.6. The van der Waals surface area contributed by atoms with E-state index in [1.165, 1.54) is 0 Å². The van der Waals surface area contributed by atoms with Gasteiger partial charge in [0.05, 0.1) is 0 Å². The number of amides is 1. The van der Waals surface area contributed by atoms with Gasteiger partial charge in [0.2, 0.25) is 5.91 Å². The third-order valence-electron chi connectivity index (χ3n) is 4.38. The van der Waals surface area contributed by atoms with Crippen LogP contribution < -0.4 is 5.73 Å². The van der Waals surface area contributed by atoms with E-state index >= 15 is 0 Å². The minimum atomic E-state index is -0.0113. The van der Waals surface area contributed by atoms with Crippen LogP contribution in [0.15, 0.2) is 0 Å². The van der Waals surface area contributed by atoms with Crippen LogP contribution in [-0.4, -0.2) is 29.9 Å². The molecule has 3 nitrogen and oxygen atoms in total. The Morgan fingerprint density at radius 3 is 2.05 bits per heavy atom. The van der Waals surface area contributed by atoms with Gasteiger partial charge in [-0.2, -0.15) is 0 Å². The summed E-state index contributed by atoms with van der Waals surface area (Å²) < 4.78 is 0. The monoisotopic (exact) mass is 282 g/mol. The van der Waals surface area contributed by atoms with E-state index in [1.54, 1.807) is 0 Å². The molecule has 3 heteroatoms. The van der Waals surface area contributed by atoms with Crippen LogP contribution in [0.25, 0.3) is 0 Å². The second kappa shape index (κ2) is 6.46. The van der Waals surface area contributed by atoms with Gasteiger partial charge in [0, 0.05) is 25.6 Å². The van der Waals surface area contributed by atoms with Crippen LogP contribution in [0, 0.1) is 16.7 Å². The van der Waals surface area contributed by atoms with Crippen molar-refractivity contribution in [3.8, 4) is 0 Å². The van der Waals surface area contributed by atoms with Crippen LogP contribution in [0.5, 0.6) is 0 Å². The van der Waals surface area contributed by atoms with E-state index in [0.29, 0.717) is 11.8 Å². The zero-order valence-electron chi connectivity index (χ0n) is 14.3. The van der Waals surface area contributed by atoms with Gasteiger partial charge >= 0.3 is 0 Å². The van der Waals surface area contributed by atoms with Gasteiger partial charge in [0.15, 0.2) is 0 Å². The molecule has 1 amide bonds. The third-order valence-corrected chi connectivity index (χ3v) is 4.38. The molecule has 20 heavy (non-hydrogen) atoms. The lowest BCUT2D eigenvalue weighted by Crippen LogP contribution is -2.43. The van der Waals surface area contributed by atoms with Gasteiger partial charge in [-0.25, -0.2) is 0 Å². The summed E-state index contributed by atoms with van der Waals surface area (Å²) in [4.78, 5) is 14.3. The first-order chi connectivity index (χ1) is 8.99. The molecule has 0 spiro atoms. The fourth-order valence-electron chi connectivity index (χ4n) is 3.21. The molecular weight excluding hydrogens is 248 g/mol. The van der Waals surface area contributed by atoms with Gasteiger partial charge in [0.25, 0.3) is 0 Å². The number of nitrogens with two attached hydrogens (primary N) is 1. The number of piperidine rings is 1. The van der Waals surface area contributed by atoms with Gasteiger partial charge in [-0.15, -0.1) is 0 Å². The molecule has 2 N–H and O–H groups in total. The van der Waals surface area contributed by atoms with Gasteiger partial charge in [0.1, 0.15) is 0 Å². The topological polar surface area (TPSA) is 46.3 Å². The van der Waals surface area contributed by atoms with Crippen molar-refractivity contribution >= 4 is 5.91 Å². The molecule has 0 aromatic rings. The van der Waals surface area contributed by atoms with E-state index in [9.17, 15) is 4.79 Å².